The maximum atomic E-state index is 13.9. The van der Waals surface area contributed by atoms with Crippen molar-refractivity contribution < 1.29 is 17.9 Å². The van der Waals surface area contributed by atoms with Gasteiger partial charge in [-0.3, -0.25) is 0 Å². The molecule has 4 nitrogen and oxygen atoms in total. The maximum Gasteiger partial charge on any atom is 0.243 e. The van der Waals surface area contributed by atoms with E-state index in [0.29, 0.717) is 17.2 Å². The highest BCUT2D eigenvalue weighted by Gasteiger charge is 2.18. The van der Waals surface area contributed by atoms with Crippen LogP contribution >= 0.6 is 11.8 Å². The molecule has 0 spiro atoms. The van der Waals surface area contributed by atoms with Crippen molar-refractivity contribution >= 4 is 21.8 Å². The second-order valence-electron chi connectivity index (χ2n) is 4.34. The fraction of sp³-hybridized carbons (Fsp3) is 0.429. The molecule has 0 aliphatic rings. The summed E-state index contributed by atoms with van der Waals surface area (Å²) in [6.07, 6.45) is 2.62. The van der Waals surface area contributed by atoms with Gasteiger partial charge in [-0.25, -0.2) is 17.5 Å². The third kappa shape index (κ3) is 5.67. The first-order valence-electron chi connectivity index (χ1n) is 6.32. The minimum atomic E-state index is -3.86. The summed E-state index contributed by atoms with van der Waals surface area (Å²) in [5.41, 5.74) is 0.316. The van der Waals surface area contributed by atoms with E-state index < -0.39 is 20.7 Å². The smallest absolute Gasteiger partial charge is 0.243 e. The first kappa shape index (κ1) is 18.0. The summed E-state index contributed by atoms with van der Waals surface area (Å²) in [6.45, 7) is 1.92. The summed E-state index contributed by atoms with van der Waals surface area (Å²) < 4.78 is 40.3. The first-order chi connectivity index (χ1) is 9.90. The lowest BCUT2D eigenvalue weighted by molar-refractivity contribution is 0.350. The van der Waals surface area contributed by atoms with Crippen LogP contribution in [-0.4, -0.2) is 38.2 Å². The van der Waals surface area contributed by atoms with Crippen molar-refractivity contribution in [1.29, 1.82) is 0 Å². The Morgan fingerprint density at radius 3 is 2.76 bits per heavy atom. The summed E-state index contributed by atoms with van der Waals surface area (Å²) in [4.78, 5) is -0.395. The summed E-state index contributed by atoms with van der Waals surface area (Å²) >= 11 is 1.64. The molecule has 7 heteroatoms. The zero-order valence-electron chi connectivity index (χ0n) is 11.9. The quantitative estimate of drug-likeness (QED) is 0.777. The second-order valence-corrected chi connectivity index (χ2v) is 7.35. The van der Waals surface area contributed by atoms with Crippen molar-refractivity contribution in [1.82, 2.24) is 4.72 Å². The summed E-state index contributed by atoms with van der Waals surface area (Å²) in [5.74, 6) is 4.04. The number of hydrogen-bond donors (Lipinski definition) is 2. The predicted octanol–water partition coefficient (Wildman–Crippen LogP) is 1.59. The Labute approximate surface area is 129 Å². The average Bonchev–Trinajstić information content (AvgIpc) is 2.44. The Hall–Kier alpha value is -1.07. The molecule has 0 saturated heterocycles. The number of aliphatic hydroxyl groups is 1. The molecule has 0 bridgehead atoms. The lowest BCUT2D eigenvalue weighted by atomic mass is 10.2. The van der Waals surface area contributed by atoms with E-state index in [0.717, 1.165) is 6.07 Å². The van der Waals surface area contributed by atoms with E-state index in [-0.39, 0.29) is 13.2 Å². The minimum absolute atomic E-state index is 0.260. The topological polar surface area (TPSA) is 66.4 Å². The number of nitrogens with one attached hydrogen (secondary N) is 1. The van der Waals surface area contributed by atoms with Gasteiger partial charge in [0.1, 0.15) is 17.3 Å². The van der Waals surface area contributed by atoms with Gasteiger partial charge in [0.25, 0.3) is 0 Å². The molecule has 21 heavy (non-hydrogen) atoms. The standard InChI is InChI=1S/C14H18FNO3S2/c1-11(20-2)7-8-16-21(18,19)14-6-5-12(4-3-9-17)10-13(14)15/h5-6,10-11,16-17H,7-9H2,1-2H3. The van der Waals surface area contributed by atoms with Crippen LogP contribution in [0.3, 0.4) is 0 Å². The first-order valence-corrected chi connectivity index (χ1v) is 9.09. The van der Waals surface area contributed by atoms with E-state index in [2.05, 4.69) is 16.6 Å². The number of hydrogen-bond acceptors (Lipinski definition) is 4. The number of aliphatic hydroxyl groups excluding tert-OH is 1. The molecule has 1 aromatic rings. The van der Waals surface area contributed by atoms with E-state index >= 15 is 0 Å². The van der Waals surface area contributed by atoms with Crippen molar-refractivity contribution in [2.24, 2.45) is 0 Å². The van der Waals surface area contributed by atoms with Gasteiger partial charge in [-0.1, -0.05) is 18.8 Å². The Balaban J connectivity index is 2.84. The molecule has 1 rings (SSSR count). The largest absolute Gasteiger partial charge is 0.384 e. The Kier molecular flexibility index (Phi) is 7.18. The molecule has 0 heterocycles. The molecular formula is C14H18FNO3S2. The van der Waals surface area contributed by atoms with Crippen LogP contribution in [0, 0.1) is 17.7 Å². The minimum Gasteiger partial charge on any atom is -0.384 e. The van der Waals surface area contributed by atoms with Crippen LogP contribution in [0.15, 0.2) is 23.1 Å². The third-order valence-electron chi connectivity index (χ3n) is 2.78. The normalized spacial score (nSPS) is 12.6. The lowest BCUT2D eigenvalue weighted by Crippen LogP contribution is -2.27. The van der Waals surface area contributed by atoms with Gasteiger partial charge in [-0.05, 0) is 30.9 Å². The molecule has 0 radical (unpaired) electrons. The summed E-state index contributed by atoms with van der Waals surface area (Å²) in [5, 5.41) is 8.90. The Bertz CT molecular complexity index is 635. The molecule has 1 atom stereocenters. The average molecular weight is 331 g/mol. The van der Waals surface area contributed by atoms with Crippen LogP contribution in [0.25, 0.3) is 0 Å². The van der Waals surface area contributed by atoms with Gasteiger partial charge in [-0.15, -0.1) is 0 Å². The highest BCUT2D eigenvalue weighted by atomic mass is 32.2. The van der Waals surface area contributed by atoms with Crippen molar-refractivity contribution in [3.05, 3.63) is 29.6 Å². The van der Waals surface area contributed by atoms with Crippen molar-refractivity contribution in [3.63, 3.8) is 0 Å². The van der Waals surface area contributed by atoms with Gasteiger partial charge >= 0.3 is 0 Å². The highest BCUT2D eigenvalue weighted by Crippen LogP contribution is 2.16. The van der Waals surface area contributed by atoms with Crippen LogP contribution in [0.1, 0.15) is 18.9 Å². The number of thioether (sulfide) groups is 1. The van der Waals surface area contributed by atoms with Crippen LogP contribution in [-0.2, 0) is 10.0 Å². The van der Waals surface area contributed by atoms with Gasteiger partial charge in [0, 0.05) is 17.4 Å². The molecule has 116 valence electrons. The van der Waals surface area contributed by atoms with Crippen molar-refractivity contribution in [2.75, 3.05) is 19.4 Å². The molecule has 1 unspecified atom stereocenters. The zero-order valence-corrected chi connectivity index (χ0v) is 13.5. The van der Waals surface area contributed by atoms with Gasteiger partial charge in [0.2, 0.25) is 10.0 Å². The molecule has 0 aliphatic carbocycles. The SMILES string of the molecule is CSC(C)CCNS(=O)(=O)c1ccc(C#CCO)cc1F. The predicted molar refractivity (Wildman–Crippen MR) is 83.1 cm³/mol. The highest BCUT2D eigenvalue weighted by molar-refractivity contribution is 7.99. The van der Waals surface area contributed by atoms with Gasteiger partial charge in [-0.2, -0.15) is 11.8 Å². The molecule has 1 aromatic carbocycles. The van der Waals surface area contributed by atoms with E-state index in [9.17, 15) is 12.8 Å². The van der Waals surface area contributed by atoms with Crippen LogP contribution < -0.4 is 4.72 Å². The second kappa shape index (κ2) is 8.39. The van der Waals surface area contributed by atoms with Crippen molar-refractivity contribution in [2.45, 2.75) is 23.5 Å². The van der Waals surface area contributed by atoms with Crippen molar-refractivity contribution in [3.8, 4) is 11.8 Å². The maximum absolute atomic E-state index is 13.9. The molecule has 0 saturated carbocycles. The van der Waals surface area contributed by atoms with E-state index in [1.165, 1.54) is 12.1 Å². The van der Waals surface area contributed by atoms with Gasteiger partial charge < -0.3 is 5.11 Å². The fourth-order valence-corrected chi connectivity index (χ4v) is 2.99. The van der Waals surface area contributed by atoms with Crippen LogP contribution in [0.5, 0.6) is 0 Å². The number of rotatable bonds is 6. The van der Waals surface area contributed by atoms with E-state index in [1.54, 1.807) is 11.8 Å². The number of halogens is 1. The molecule has 0 aromatic heterocycles. The molecule has 0 amide bonds. The van der Waals surface area contributed by atoms with Gasteiger partial charge in [0.05, 0.1) is 0 Å². The molecule has 0 aliphatic heterocycles. The summed E-state index contributed by atoms with van der Waals surface area (Å²) in [6, 6.07) is 3.63. The van der Waals surface area contributed by atoms with E-state index in [1.807, 2.05) is 13.2 Å². The summed E-state index contributed by atoms with van der Waals surface area (Å²) in [7, 11) is -3.86. The molecular weight excluding hydrogens is 313 g/mol. The number of benzene rings is 1. The van der Waals surface area contributed by atoms with Crippen LogP contribution in [0.4, 0.5) is 4.39 Å². The Morgan fingerprint density at radius 2 is 2.19 bits per heavy atom. The zero-order chi connectivity index (χ0) is 15.9. The number of sulfonamides is 1. The van der Waals surface area contributed by atoms with Gasteiger partial charge in [0.15, 0.2) is 0 Å². The molecule has 0 fully saturated rings. The lowest BCUT2D eigenvalue weighted by Gasteiger charge is -2.10. The van der Waals surface area contributed by atoms with E-state index in [4.69, 9.17) is 5.11 Å². The fourth-order valence-electron chi connectivity index (χ4n) is 1.53. The van der Waals surface area contributed by atoms with Crippen LogP contribution in [0.2, 0.25) is 0 Å². The monoisotopic (exact) mass is 331 g/mol. The Morgan fingerprint density at radius 1 is 1.48 bits per heavy atom. The third-order valence-corrected chi connectivity index (χ3v) is 5.31. The molecule has 2 N–H and O–H groups in total.